The molecule has 2 aromatic carbocycles. The fraction of sp³-hybridized carbons (Fsp3) is 0.320. The van der Waals surface area contributed by atoms with E-state index < -0.39 is 0 Å². The van der Waals surface area contributed by atoms with Gasteiger partial charge in [-0.2, -0.15) is 10.2 Å². The third-order valence-corrected chi connectivity index (χ3v) is 6.12. The summed E-state index contributed by atoms with van der Waals surface area (Å²) in [7, 11) is 0. The van der Waals surface area contributed by atoms with Gasteiger partial charge in [0.1, 0.15) is 5.82 Å². The zero-order chi connectivity index (χ0) is 22.6. The van der Waals surface area contributed by atoms with E-state index in [1.807, 2.05) is 31.3 Å². The maximum Gasteiger partial charge on any atom is 0.229 e. The van der Waals surface area contributed by atoms with E-state index in [0.29, 0.717) is 5.95 Å². The monoisotopic (exact) mass is 441 g/mol. The average molecular weight is 442 g/mol. The second-order valence-corrected chi connectivity index (χ2v) is 8.31. The van der Waals surface area contributed by atoms with Gasteiger partial charge in [-0.05, 0) is 55.3 Å². The van der Waals surface area contributed by atoms with E-state index in [9.17, 15) is 0 Å². The molecule has 1 saturated heterocycles. The third-order valence-electron chi connectivity index (χ3n) is 6.12. The summed E-state index contributed by atoms with van der Waals surface area (Å²) in [6, 6.07) is 16.3. The van der Waals surface area contributed by atoms with E-state index >= 15 is 0 Å². The Balaban J connectivity index is 1.32. The predicted molar refractivity (Wildman–Crippen MR) is 130 cm³/mol. The number of ether oxygens (including phenoxy) is 1. The van der Waals surface area contributed by atoms with Gasteiger partial charge in [0, 0.05) is 54.5 Å². The lowest BCUT2D eigenvalue weighted by Crippen LogP contribution is -2.36. The molecule has 2 aliphatic heterocycles. The molecule has 8 nitrogen and oxygen atoms in total. The van der Waals surface area contributed by atoms with E-state index in [2.05, 4.69) is 50.8 Å². The molecule has 0 aliphatic carbocycles. The number of aryl methyl sites for hydroxylation is 1. The summed E-state index contributed by atoms with van der Waals surface area (Å²) >= 11 is 0. The van der Waals surface area contributed by atoms with Gasteiger partial charge in [-0.15, -0.1) is 0 Å². The normalized spacial score (nSPS) is 15.2. The van der Waals surface area contributed by atoms with Crippen molar-refractivity contribution in [3.8, 4) is 6.19 Å². The van der Waals surface area contributed by atoms with Gasteiger partial charge in [-0.3, -0.25) is 5.32 Å². The molecule has 3 aromatic rings. The van der Waals surface area contributed by atoms with Gasteiger partial charge in [0.15, 0.2) is 6.19 Å². The fourth-order valence-electron chi connectivity index (χ4n) is 4.44. The molecule has 168 valence electrons. The summed E-state index contributed by atoms with van der Waals surface area (Å²) in [5.41, 5.74) is 6.31. The van der Waals surface area contributed by atoms with E-state index in [1.165, 1.54) is 11.3 Å². The average Bonchev–Trinajstić information content (AvgIpc) is 3.24. The fourth-order valence-corrected chi connectivity index (χ4v) is 4.44. The standard InChI is InChI=1S/C25H27N7O/c1-18-23-9-10-32(16-19-3-2-4-21(15-19)27-17-26)24(23)30-25(28-18)29-20-5-7-22(8-6-20)31-11-13-33-14-12-31/h2-8,15,27H,9-14,16H2,1H3,(H,28,29,30). The largest absolute Gasteiger partial charge is 0.378 e. The maximum atomic E-state index is 8.89. The third kappa shape index (κ3) is 4.69. The van der Waals surface area contributed by atoms with Gasteiger partial charge >= 0.3 is 0 Å². The Bertz CT molecular complexity index is 1170. The number of anilines is 5. The van der Waals surface area contributed by atoms with Crippen molar-refractivity contribution in [3.05, 3.63) is 65.4 Å². The van der Waals surface area contributed by atoms with Gasteiger partial charge in [0.2, 0.25) is 5.95 Å². The van der Waals surface area contributed by atoms with E-state index in [4.69, 9.17) is 20.0 Å². The molecule has 0 saturated carbocycles. The molecule has 5 rings (SSSR count). The summed E-state index contributed by atoms with van der Waals surface area (Å²) < 4.78 is 5.44. The molecule has 1 aromatic heterocycles. The van der Waals surface area contributed by atoms with Crippen molar-refractivity contribution in [1.82, 2.24) is 9.97 Å². The highest BCUT2D eigenvalue weighted by Gasteiger charge is 2.24. The zero-order valence-corrected chi connectivity index (χ0v) is 18.7. The second kappa shape index (κ2) is 9.35. The first-order chi connectivity index (χ1) is 16.2. The molecular weight excluding hydrogens is 414 g/mol. The predicted octanol–water partition coefficient (Wildman–Crippen LogP) is 3.82. The molecule has 0 amide bonds. The van der Waals surface area contributed by atoms with Crippen LogP contribution in [-0.2, 0) is 17.7 Å². The van der Waals surface area contributed by atoms with Crippen LogP contribution >= 0.6 is 0 Å². The van der Waals surface area contributed by atoms with Gasteiger partial charge < -0.3 is 19.9 Å². The highest BCUT2D eigenvalue weighted by molar-refractivity contribution is 5.63. The van der Waals surface area contributed by atoms with Crippen molar-refractivity contribution >= 4 is 28.8 Å². The molecule has 33 heavy (non-hydrogen) atoms. The Morgan fingerprint density at radius 1 is 1.03 bits per heavy atom. The van der Waals surface area contributed by atoms with E-state index in [1.54, 1.807) is 0 Å². The number of aromatic nitrogens is 2. The molecule has 0 radical (unpaired) electrons. The number of rotatable bonds is 6. The molecule has 8 heteroatoms. The SMILES string of the molecule is Cc1nc(Nc2ccc(N3CCOCC3)cc2)nc2c1CCN2Cc1cccc(NC#N)c1. The summed E-state index contributed by atoms with van der Waals surface area (Å²) in [6.45, 7) is 7.08. The topological polar surface area (TPSA) is 89.3 Å². The number of fused-ring (bicyclic) bond motifs is 1. The molecule has 1 fully saturated rings. The number of nitriles is 1. The van der Waals surface area contributed by atoms with Gasteiger partial charge in [-0.25, -0.2) is 4.98 Å². The van der Waals surface area contributed by atoms with Crippen LogP contribution in [0.2, 0.25) is 0 Å². The van der Waals surface area contributed by atoms with Crippen LogP contribution in [0.1, 0.15) is 16.8 Å². The van der Waals surface area contributed by atoms with Crippen LogP contribution < -0.4 is 20.4 Å². The molecule has 0 atom stereocenters. The van der Waals surface area contributed by atoms with E-state index in [0.717, 1.165) is 74.3 Å². The van der Waals surface area contributed by atoms with E-state index in [-0.39, 0.29) is 0 Å². The Hall–Kier alpha value is -3.83. The summed E-state index contributed by atoms with van der Waals surface area (Å²) in [5, 5.41) is 15.0. The summed E-state index contributed by atoms with van der Waals surface area (Å²) in [5.74, 6) is 1.59. The first-order valence-corrected chi connectivity index (χ1v) is 11.3. The Morgan fingerprint density at radius 3 is 2.64 bits per heavy atom. The number of benzene rings is 2. The second-order valence-electron chi connectivity index (χ2n) is 8.31. The quantitative estimate of drug-likeness (QED) is 0.441. The van der Waals surface area contributed by atoms with Crippen LogP contribution in [0.15, 0.2) is 48.5 Å². The highest BCUT2D eigenvalue weighted by Crippen LogP contribution is 2.31. The molecule has 0 unspecified atom stereocenters. The highest BCUT2D eigenvalue weighted by atomic mass is 16.5. The van der Waals surface area contributed by atoms with Crippen LogP contribution in [0.3, 0.4) is 0 Å². The zero-order valence-electron chi connectivity index (χ0n) is 18.7. The maximum absolute atomic E-state index is 8.89. The van der Waals surface area contributed by atoms with Crippen LogP contribution in [0.5, 0.6) is 0 Å². The lowest BCUT2D eigenvalue weighted by molar-refractivity contribution is 0.122. The van der Waals surface area contributed by atoms with Crippen molar-refractivity contribution in [3.63, 3.8) is 0 Å². The minimum atomic E-state index is 0.608. The minimum Gasteiger partial charge on any atom is -0.378 e. The van der Waals surface area contributed by atoms with Gasteiger partial charge in [0.05, 0.1) is 13.2 Å². The van der Waals surface area contributed by atoms with Gasteiger partial charge in [0.25, 0.3) is 0 Å². The van der Waals surface area contributed by atoms with Crippen LogP contribution in [-0.4, -0.2) is 42.8 Å². The smallest absolute Gasteiger partial charge is 0.229 e. The lowest BCUT2D eigenvalue weighted by atomic mass is 10.2. The van der Waals surface area contributed by atoms with Crippen molar-refractivity contribution < 1.29 is 4.74 Å². The molecule has 2 N–H and O–H groups in total. The number of morpholine rings is 1. The summed E-state index contributed by atoms with van der Waals surface area (Å²) in [6.07, 6.45) is 2.92. The Labute approximate surface area is 193 Å². The van der Waals surface area contributed by atoms with Crippen molar-refractivity contribution in [2.45, 2.75) is 19.9 Å². The molecule has 0 spiro atoms. The van der Waals surface area contributed by atoms with Gasteiger partial charge in [-0.1, -0.05) is 12.1 Å². The van der Waals surface area contributed by atoms with Crippen LogP contribution in [0, 0.1) is 18.4 Å². The van der Waals surface area contributed by atoms with Crippen molar-refractivity contribution in [2.24, 2.45) is 0 Å². The van der Waals surface area contributed by atoms with Crippen LogP contribution in [0.25, 0.3) is 0 Å². The summed E-state index contributed by atoms with van der Waals surface area (Å²) in [4.78, 5) is 14.2. The first kappa shape index (κ1) is 21.0. The van der Waals surface area contributed by atoms with Crippen LogP contribution in [0.4, 0.5) is 28.8 Å². The Kier molecular flexibility index (Phi) is 5.96. The first-order valence-electron chi connectivity index (χ1n) is 11.3. The van der Waals surface area contributed by atoms with Crippen molar-refractivity contribution in [1.29, 1.82) is 5.26 Å². The number of hydrogen-bond donors (Lipinski definition) is 2. The molecular formula is C25H27N7O. The number of hydrogen-bond acceptors (Lipinski definition) is 8. The molecule has 2 aliphatic rings. The number of nitrogens with zero attached hydrogens (tertiary/aromatic N) is 5. The number of nitrogens with one attached hydrogen (secondary N) is 2. The molecule has 3 heterocycles. The minimum absolute atomic E-state index is 0.608. The molecule has 0 bridgehead atoms. The lowest BCUT2D eigenvalue weighted by Gasteiger charge is -2.28. The Morgan fingerprint density at radius 2 is 1.85 bits per heavy atom. The van der Waals surface area contributed by atoms with Crippen molar-refractivity contribution in [2.75, 3.05) is 53.3 Å².